The average Bonchev–Trinajstić information content (AvgIpc) is 3.16. The largest absolute Gasteiger partial charge is 0.495 e. The molecule has 1 N–H and O–H groups in total. The zero-order valence-electron chi connectivity index (χ0n) is 15.1. The van der Waals surface area contributed by atoms with Gasteiger partial charge in [-0.25, -0.2) is 0 Å². The van der Waals surface area contributed by atoms with Crippen LogP contribution in [0.3, 0.4) is 0 Å². The summed E-state index contributed by atoms with van der Waals surface area (Å²) in [7, 11) is 3.63. The number of anilines is 1. The minimum atomic E-state index is 0.00659. The fraction of sp³-hybridized carbons (Fsp3) is 0.579. The number of hydrogen-bond donors (Lipinski definition) is 1. The first-order chi connectivity index (χ1) is 12.1. The number of carbonyl (C=O) groups is 2. The maximum atomic E-state index is 12.8. The molecule has 1 aliphatic carbocycles. The number of likely N-dealkylation sites (N-methyl/N-ethyl adjacent to an activating group) is 1. The van der Waals surface area contributed by atoms with Gasteiger partial charge in [-0.1, -0.05) is 12.8 Å². The lowest BCUT2D eigenvalue weighted by molar-refractivity contribution is -0.119. The van der Waals surface area contributed by atoms with Crippen LogP contribution in [0.2, 0.25) is 0 Å². The van der Waals surface area contributed by atoms with Crippen LogP contribution in [0.1, 0.15) is 36.0 Å². The van der Waals surface area contributed by atoms with Gasteiger partial charge in [-0.15, -0.1) is 0 Å². The topological polar surface area (TPSA) is 61.9 Å². The molecule has 0 bridgehead atoms. The van der Waals surface area contributed by atoms with Gasteiger partial charge in [0, 0.05) is 37.7 Å². The molecule has 1 aromatic carbocycles. The monoisotopic (exact) mass is 345 g/mol. The Bertz CT molecular complexity index is 633. The highest BCUT2D eigenvalue weighted by molar-refractivity contribution is 5.99. The summed E-state index contributed by atoms with van der Waals surface area (Å²) in [5, 5.41) is 2.97. The van der Waals surface area contributed by atoms with E-state index < -0.39 is 0 Å². The number of benzene rings is 1. The number of piperazine rings is 1. The molecule has 0 atom stereocenters. The number of ether oxygens (including phenoxy) is 1. The molecule has 1 aromatic rings. The molecule has 0 unspecified atom stereocenters. The Balaban J connectivity index is 1.74. The van der Waals surface area contributed by atoms with Crippen molar-refractivity contribution in [3.8, 4) is 5.75 Å². The van der Waals surface area contributed by atoms with E-state index in [1.165, 1.54) is 0 Å². The molecule has 1 heterocycles. The Morgan fingerprint density at radius 1 is 1.12 bits per heavy atom. The predicted octanol–water partition coefficient (Wildman–Crippen LogP) is 2.21. The Hall–Kier alpha value is -2.08. The van der Waals surface area contributed by atoms with Gasteiger partial charge in [0.25, 0.3) is 5.91 Å². The van der Waals surface area contributed by atoms with Crippen molar-refractivity contribution in [2.75, 3.05) is 45.7 Å². The third-order valence-corrected chi connectivity index (χ3v) is 5.22. The highest BCUT2D eigenvalue weighted by Crippen LogP contribution is 2.30. The van der Waals surface area contributed by atoms with E-state index in [-0.39, 0.29) is 17.7 Å². The SMILES string of the molecule is COc1ccc(C(=O)N2CCN(C)CC2)cc1NC(=O)C1CCCC1. The quantitative estimate of drug-likeness (QED) is 0.909. The fourth-order valence-corrected chi connectivity index (χ4v) is 3.55. The average molecular weight is 345 g/mol. The molecule has 1 aliphatic heterocycles. The van der Waals surface area contributed by atoms with E-state index in [4.69, 9.17) is 4.74 Å². The number of methoxy groups -OCH3 is 1. The number of carbonyl (C=O) groups excluding carboxylic acids is 2. The van der Waals surface area contributed by atoms with Crippen molar-refractivity contribution in [3.63, 3.8) is 0 Å². The molecule has 136 valence electrons. The first-order valence-electron chi connectivity index (χ1n) is 9.05. The van der Waals surface area contributed by atoms with Crippen molar-refractivity contribution >= 4 is 17.5 Å². The molecule has 0 radical (unpaired) electrons. The van der Waals surface area contributed by atoms with Crippen molar-refractivity contribution in [2.45, 2.75) is 25.7 Å². The molecule has 2 aliphatic rings. The van der Waals surface area contributed by atoms with Gasteiger partial charge in [0.1, 0.15) is 5.75 Å². The second-order valence-electron chi connectivity index (χ2n) is 6.98. The summed E-state index contributed by atoms with van der Waals surface area (Å²) in [6.07, 6.45) is 4.09. The van der Waals surface area contributed by atoms with E-state index in [0.29, 0.717) is 17.0 Å². The third kappa shape index (κ3) is 4.12. The molecule has 1 saturated carbocycles. The van der Waals surface area contributed by atoms with Gasteiger partial charge in [0.05, 0.1) is 12.8 Å². The first kappa shape index (κ1) is 17.7. The Morgan fingerprint density at radius 2 is 1.80 bits per heavy atom. The van der Waals surface area contributed by atoms with E-state index in [0.717, 1.165) is 51.9 Å². The van der Waals surface area contributed by atoms with Crippen LogP contribution in [-0.4, -0.2) is 62.0 Å². The van der Waals surface area contributed by atoms with Crippen molar-refractivity contribution in [3.05, 3.63) is 23.8 Å². The Kier molecular flexibility index (Phi) is 5.58. The minimum Gasteiger partial charge on any atom is -0.495 e. The summed E-state index contributed by atoms with van der Waals surface area (Å²) in [6.45, 7) is 3.22. The molecule has 0 aromatic heterocycles. The number of hydrogen-bond acceptors (Lipinski definition) is 4. The summed E-state index contributed by atoms with van der Waals surface area (Å²) in [4.78, 5) is 29.3. The maximum absolute atomic E-state index is 12.8. The van der Waals surface area contributed by atoms with Crippen LogP contribution in [0, 0.1) is 5.92 Å². The van der Waals surface area contributed by atoms with Crippen LogP contribution in [0.25, 0.3) is 0 Å². The first-order valence-corrected chi connectivity index (χ1v) is 9.05. The van der Waals surface area contributed by atoms with Gasteiger partial charge in [0.2, 0.25) is 5.91 Å². The van der Waals surface area contributed by atoms with Crippen LogP contribution >= 0.6 is 0 Å². The molecule has 2 amide bonds. The Morgan fingerprint density at radius 3 is 2.44 bits per heavy atom. The van der Waals surface area contributed by atoms with E-state index in [2.05, 4.69) is 17.3 Å². The normalized spacial score (nSPS) is 19.0. The van der Waals surface area contributed by atoms with Crippen molar-refractivity contribution in [1.82, 2.24) is 9.80 Å². The molecular weight excluding hydrogens is 318 g/mol. The number of nitrogens with one attached hydrogen (secondary N) is 1. The summed E-state index contributed by atoms with van der Waals surface area (Å²) in [5.74, 6) is 0.690. The lowest BCUT2D eigenvalue weighted by Crippen LogP contribution is -2.47. The van der Waals surface area contributed by atoms with Gasteiger partial charge in [-0.05, 0) is 38.1 Å². The second kappa shape index (κ2) is 7.87. The maximum Gasteiger partial charge on any atom is 0.254 e. The van der Waals surface area contributed by atoms with Crippen LogP contribution < -0.4 is 10.1 Å². The fourth-order valence-electron chi connectivity index (χ4n) is 3.55. The standard InChI is InChI=1S/C19H27N3O3/c1-21-9-11-22(12-10-21)19(24)15-7-8-17(25-2)16(13-15)20-18(23)14-5-3-4-6-14/h7-8,13-14H,3-6,9-12H2,1-2H3,(H,20,23). The van der Waals surface area contributed by atoms with Gasteiger partial charge in [-0.2, -0.15) is 0 Å². The van der Waals surface area contributed by atoms with E-state index in [1.54, 1.807) is 25.3 Å². The summed E-state index contributed by atoms with van der Waals surface area (Å²) >= 11 is 0. The molecular formula is C19H27N3O3. The molecule has 25 heavy (non-hydrogen) atoms. The van der Waals surface area contributed by atoms with Gasteiger partial charge in [-0.3, -0.25) is 9.59 Å². The smallest absolute Gasteiger partial charge is 0.254 e. The number of nitrogens with zero attached hydrogens (tertiary/aromatic N) is 2. The van der Waals surface area contributed by atoms with E-state index >= 15 is 0 Å². The predicted molar refractivity (Wildman–Crippen MR) is 97.0 cm³/mol. The van der Waals surface area contributed by atoms with Crippen LogP contribution in [0.5, 0.6) is 5.75 Å². The highest BCUT2D eigenvalue weighted by atomic mass is 16.5. The number of rotatable bonds is 4. The molecule has 1 saturated heterocycles. The molecule has 6 nitrogen and oxygen atoms in total. The van der Waals surface area contributed by atoms with Gasteiger partial charge in [0.15, 0.2) is 0 Å². The molecule has 0 spiro atoms. The second-order valence-corrected chi connectivity index (χ2v) is 6.98. The van der Waals surface area contributed by atoms with E-state index in [1.807, 2.05) is 4.90 Å². The molecule has 2 fully saturated rings. The summed E-state index contributed by atoms with van der Waals surface area (Å²) in [6, 6.07) is 5.27. The van der Waals surface area contributed by atoms with Crippen molar-refractivity contribution < 1.29 is 14.3 Å². The highest BCUT2D eigenvalue weighted by Gasteiger charge is 2.25. The van der Waals surface area contributed by atoms with E-state index in [9.17, 15) is 9.59 Å². The lowest BCUT2D eigenvalue weighted by atomic mass is 10.1. The van der Waals surface area contributed by atoms with Gasteiger partial charge >= 0.3 is 0 Å². The van der Waals surface area contributed by atoms with Crippen LogP contribution in [-0.2, 0) is 4.79 Å². The zero-order chi connectivity index (χ0) is 17.8. The third-order valence-electron chi connectivity index (χ3n) is 5.22. The molecule has 6 heteroatoms. The zero-order valence-corrected chi connectivity index (χ0v) is 15.1. The van der Waals surface area contributed by atoms with Crippen molar-refractivity contribution in [2.24, 2.45) is 5.92 Å². The van der Waals surface area contributed by atoms with Gasteiger partial charge < -0.3 is 19.9 Å². The summed E-state index contributed by atoms with van der Waals surface area (Å²) in [5.41, 5.74) is 1.17. The summed E-state index contributed by atoms with van der Waals surface area (Å²) < 4.78 is 5.36. The molecule has 3 rings (SSSR count). The lowest BCUT2D eigenvalue weighted by Gasteiger charge is -2.32. The van der Waals surface area contributed by atoms with Crippen molar-refractivity contribution in [1.29, 1.82) is 0 Å². The number of amides is 2. The van der Waals surface area contributed by atoms with Crippen LogP contribution in [0.15, 0.2) is 18.2 Å². The Labute approximate surface area is 149 Å². The minimum absolute atomic E-state index is 0.00659. The van der Waals surface area contributed by atoms with Crippen LogP contribution in [0.4, 0.5) is 5.69 Å².